The summed E-state index contributed by atoms with van der Waals surface area (Å²) >= 11 is 5.88. The molecule has 11 heteroatoms. The number of nitrogens with one attached hydrogen (secondary N) is 1. The van der Waals surface area contributed by atoms with Crippen molar-refractivity contribution in [1.82, 2.24) is 24.6 Å². The molecule has 2 atom stereocenters. The van der Waals surface area contributed by atoms with Crippen LogP contribution < -0.4 is 0 Å². The van der Waals surface area contributed by atoms with Gasteiger partial charge in [-0.2, -0.15) is 19.7 Å². The van der Waals surface area contributed by atoms with Crippen LogP contribution in [0.2, 0.25) is 5.02 Å². The minimum atomic E-state index is -4.07. The SMILES string of the molecule is O=C(c1cn[nH]n1)N1CC2CCCC1CN2S(=O)(=O)c1cc(Cl)ccc1F. The van der Waals surface area contributed by atoms with E-state index >= 15 is 0 Å². The number of hydrogen-bond acceptors (Lipinski definition) is 5. The van der Waals surface area contributed by atoms with Gasteiger partial charge in [0.05, 0.1) is 6.20 Å². The molecule has 1 aromatic carbocycles. The molecule has 0 spiro atoms. The van der Waals surface area contributed by atoms with Gasteiger partial charge in [-0.3, -0.25) is 4.79 Å². The van der Waals surface area contributed by atoms with Gasteiger partial charge in [0.1, 0.15) is 10.7 Å². The summed E-state index contributed by atoms with van der Waals surface area (Å²) in [5, 5.41) is 10.0. The molecular weight excluding hydrogens is 397 g/mol. The van der Waals surface area contributed by atoms with Crippen LogP contribution in [0.25, 0.3) is 0 Å². The number of fused-ring (bicyclic) bond motifs is 4. The van der Waals surface area contributed by atoms with Crippen molar-refractivity contribution in [3.63, 3.8) is 0 Å². The summed E-state index contributed by atoms with van der Waals surface area (Å²) < 4.78 is 41.7. The molecule has 0 saturated carbocycles. The Hall–Kier alpha value is -2.04. The van der Waals surface area contributed by atoms with Crippen LogP contribution in [0.4, 0.5) is 4.39 Å². The second kappa shape index (κ2) is 6.84. The average Bonchev–Trinajstić information content (AvgIpc) is 3.01. The minimum absolute atomic E-state index is 0.114. The Morgan fingerprint density at radius 2 is 2.04 bits per heavy atom. The second-order valence-corrected chi connectivity index (χ2v) is 9.00. The number of hydrogen-bond donors (Lipinski definition) is 1. The number of sulfonamides is 1. The van der Waals surface area contributed by atoms with E-state index in [1.807, 2.05) is 0 Å². The summed E-state index contributed by atoms with van der Waals surface area (Å²) in [5.74, 6) is -1.12. The zero-order valence-electron chi connectivity index (χ0n) is 14.2. The highest BCUT2D eigenvalue weighted by atomic mass is 35.5. The van der Waals surface area contributed by atoms with Crippen LogP contribution >= 0.6 is 11.6 Å². The first-order valence-electron chi connectivity index (χ1n) is 8.51. The second-order valence-electron chi connectivity index (χ2n) is 6.70. The van der Waals surface area contributed by atoms with Gasteiger partial charge >= 0.3 is 0 Å². The highest BCUT2D eigenvalue weighted by Crippen LogP contribution is 2.33. The largest absolute Gasteiger partial charge is 0.331 e. The summed E-state index contributed by atoms with van der Waals surface area (Å²) in [6.45, 7) is 0.348. The topological polar surface area (TPSA) is 99.3 Å². The maximum atomic E-state index is 14.2. The van der Waals surface area contributed by atoms with E-state index in [-0.39, 0.29) is 35.8 Å². The van der Waals surface area contributed by atoms with Crippen molar-refractivity contribution < 1.29 is 17.6 Å². The van der Waals surface area contributed by atoms with E-state index in [2.05, 4.69) is 15.4 Å². The van der Waals surface area contributed by atoms with Gasteiger partial charge in [-0.15, -0.1) is 0 Å². The highest BCUT2D eigenvalue weighted by Gasteiger charge is 2.45. The lowest BCUT2D eigenvalue weighted by Crippen LogP contribution is -2.59. The van der Waals surface area contributed by atoms with Crippen molar-refractivity contribution in [1.29, 1.82) is 0 Å². The van der Waals surface area contributed by atoms with Crippen molar-refractivity contribution in [2.75, 3.05) is 13.1 Å². The highest BCUT2D eigenvalue weighted by molar-refractivity contribution is 7.89. The molecule has 144 valence electrons. The number of nitrogens with zero attached hydrogens (tertiary/aromatic N) is 4. The first-order valence-corrected chi connectivity index (χ1v) is 10.3. The van der Waals surface area contributed by atoms with Gasteiger partial charge in [0, 0.05) is 30.2 Å². The standard InChI is InChI=1S/C16H17ClFN5O3S/c17-10-4-5-13(18)15(6-10)27(25,26)23-9-11-2-1-3-12(23)8-22(11)16(24)14-7-19-21-20-14/h4-7,11-12H,1-3,8-9H2,(H,19,20,21). The Morgan fingerprint density at radius 3 is 2.78 bits per heavy atom. The molecule has 5 rings (SSSR count). The number of carbonyl (C=O) groups is 1. The summed E-state index contributed by atoms with van der Waals surface area (Å²) in [7, 11) is -4.07. The van der Waals surface area contributed by atoms with E-state index in [1.54, 1.807) is 4.90 Å². The molecule has 2 unspecified atom stereocenters. The fraction of sp³-hybridized carbons (Fsp3) is 0.438. The Bertz CT molecular complexity index is 968. The quantitative estimate of drug-likeness (QED) is 0.825. The van der Waals surface area contributed by atoms with Crippen LogP contribution in [-0.2, 0) is 10.0 Å². The molecule has 3 aliphatic rings. The maximum Gasteiger partial charge on any atom is 0.276 e. The Kier molecular flexibility index (Phi) is 4.65. The molecule has 3 saturated heterocycles. The van der Waals surface area contributed by atoms with Crippen molar-refractivity contribution in [3.05, 3.63) is 40.9 Å². The fourth-order valence-corrected chi connectivity index (χ4v) is 5.80. The number of aromatic amines is 1. The number of carbonyl (C=O) groups excluding carboxylic acids is 1. The molecular formula is C16H17ClFN5O3S. The third-order valence-corrected chi connectivity index (χ3v) is 7.26. The zero-order valence-corrected chi connectivity index (χ0v) is 15.7. The van der Waals surface area contributed by atoms with E-state index in [9.17, 15) is 17.6 Å². The number of benzene rings is 1. The first-order chi connectivity index (χ1) is 12.9. The summed E-state index contributed by atoms with van der Waals surface area (Å²) in [6.07, 6.45) is 3.39. The number of rotatable bonds is 3. The Balaban J connectivity index is 1.65. The third-order valence-electron chi connectivity index (χ3n) is 5.10. The maximum absolute atomic E-state index is 14.2. The normalized spacial score (nSPS) is 23.4. The third kappa shape index (κ3) is 3.21. The van der Waals surface area contributed by atoms with Crippen LogP contribution in [0.3, 0.4) is 0 Å². The van der Waals surface area contributed by atoms with Gasteiger partial charge in [0.25, 0.3) is 5.91 Å². The van der Waals surface area contributed by atoms with E-state index in [0.29, 0.717) is 12.8 Å². The van der Waals surface area contributed by atoms with Crippen molar-refractivity contribution in [2.45, 2.75) is 36.2 Å². The lowest BCUT2D eigenvalue weighted by atomic mass is 10.1. The van der Waals surface area contributed by atoms with E-state index in [4.69, 9.17) is 11.6 Å². The predicted octanol–water partition coefficient (Wildman–Crippen LogP) is 1.66. The fourth-order valence-electron chi connectivity index (χ4n) is 3.79. The minimum Gasteiger partial charge on any atom is -0.331 e. The monoisotopic (exact) mass is 413 g/mol. The molecule has 0 radical (unpaired) electrons. The lowest BCUT2D eigenvalue weighted by Gasteiger charge is -2.42. The van der Waals surface area contributed by atoms with Crippen LogP contribution in [0.5, 0.6) is 0 Å². The average molecular weight is 414 g/mol. The number of amides is 1. The van der Waals surface area contributed by atoms with Crippen molar-refractivity contribution in [2.24, 2.45) is 0 Å². The smallest absolute Gasteiger partial charge is 0.276 e. The molecule has 2 aromatic rings. The number of halogens is 2. The summed E-state index contributed by atoms with van der Waals surface area (Å²) in [6, 6.07) is 2.75. The summed E-state index contributed by atoms with van der Waals surface area (Å²) in [5.41, 5.74) is 0.192. The lowest BCUT2D eigenvalue weighted by molar-refractivity contribution is 0.0498. The van der Waals surface area contributed by atoms with Gasteiger partial charge in [0.15, 0.2) is 5.69 Å². The molecule has 27 heavy (non-hydrogen) atoms. The summed E-state index contributed by atoms with van der Waals surface area (Å²) in [4.78, 5) is 13.9. The molecule has 3 aliphatic heterocycles. The molecule has 1 aromatic heterocycles. The number of H-pyrrole nitrogens is 1. The number of aromatic nitrogens is 3. The molecule has 3 fully saturated rings. The van der Waals surface area contributed by atoms with E-state index in [0.717, 1.165) is 18.6 Å². The van der Waals surface area contributed by atoms with Gasteiger partial charge in [-0.05, 0) is 37.5 Å². The van der Waals surface area contributed by atoms with E-state index < -0.39 is 26.8 Å². The van der Waals surface area contributed by atoms with Crippen LogP contribution in [0.1, 0.15) is 29.8 Å². The molecule has 0 aliphatic carbocycles. The van der Waals surface area contributed by atoms with Gasteiger partial charge in [0.2, 0.25) is 10.0 Å². The number of piperazine rings is 1. The predicted molar refractivity (Wildman–Crippen MR) is 94.1 cm³/mol. The molecule has 2 bridgehead atoms. The van der Waals surface area contributed by atoms with Crippen molar-refractivity contribution >= 4 is 27.5 Å². The molecule has 8 nitrogen and oxygen atoms in total. The van der Waals surface area contributed by atoms with Crippen LogP contribution in [-0.4, -0.2) is 64.1 Å². The van der Waals surface area contributed by atoms with Crippen molar-refractivity contribution in [3.8, 4) is 0 Å². The molecule has 1 N–H and O–H groups in total. The van der Waals surface area contributed by atoms with Gasteiger partial charge in [-0.1, -0.05) is 11.6 Å². The molecule has 1 amide bonds. The zero-order chi connectivity index (χ0) is 19.2. The van der Waals surface area contributed by atoms with Gasteiger partial charge in [-0.25, -0.2) is 12.8 Å². The molecule has 4 heterocycles. The Labute approximate surface area is 160 Å². The van der Waals surface area contributed by atoms with E-state index in [1.165, 1.54) is 16.6 Å². The van der Waals surface area contributed by atoms with Gasteiger partial charge < -0.3 is 4.90 Å². The van der Waals surface area contributed by atoms with Crippen LogP contribution in [0, 0.1) is 5.82 Å². The first kappa shape index (κ1) is 18.3. The van der Waals surface area contributed by atoms with Crippen LogP contribution in [0.15, 0.2) is 29.3 Å². The Morgan fingerprint density at radius 1 is 1.26 bits per heavy atom.